The number of benzene rings is 2. The van der Waals surface area contributed by atoms with E-state index in [2.05, 4.69) is 33.8 Å². The highest BCUT2D eigenvalue weighted by molar-refractivity contribution is 5.90. The van der Waals surface area contributed by atoms with Crippen LogP contribution in [0.15, 0.2) is 67.0 Å². The van der Waals surface area contributed by atoms with Crippen LogP contribution in [-0.4, -0.2) is 9.55 Å². The highest BCUT2D eigenvalue weighted by Crippen LogP contribution is 2.35. The topological polar surface area (TPSA) is 17.8 Å². The second-order valence-corrected chi connectivity index (χ2v) is 7.32. The van der Waals surface area contributed by atoms with Crippen molar-refractivity contribution in [1.29, 1.82) is 0 Å². The lowest BCUT2D eigenvalue weighted by Gasteiger charge is -2.16. The number of rotatable bonds is 3. The Hall–Kier alpha value is -2.94. The van der Waals surface area contributed by atoms with Gasteiger partial charge in [0.05, 0.1) is 0 Å². The molecule has 2 nitrogen and oxygen atoms in total. The van der Waals surface area contributed by atoms with Crippen LogP contribution in [0.1, 0.15) is 29.7 Å². The summed E-state index contributed by atoms with van der Waals surface area (Å²) in [5, 5.41) is 1.34. The number of halogens is 1. The van der Waals surface area contributed by atoms with E-state index < -0.39 is 0 Å². The zero-order valence-corrected chi connectivity index (χ0v) is 15.2. The Morgan fingerprint density at radius 3 is 2.70 bits per heavy atom. The second-order valence-electron chi connectivity index (χ2n) is 7.32. The molecule has 0 unspecified atom stereocenters. The molecule has 134 valence electrons. The van der Waals surface area contributed by atoms with Gasteiger partial charge in [-0.05, 0) is 72.7 Å². The van der Waals surface area contributed by atoms with E-state index in [0.29, 0.717) is 0 Å². The van der Waals surface area contributed by atoms with E-state index in [0.717, 1.165) is 30.5 Å². The van der Waals surface area contributed by atoms with Gasteiger partial charge in [-0.3, -0.25) is 4.98 Å². The van der Waals surface area contributed by atoms with Crippen LogP contribution in [-0.2, 0) is 19.4 Å². The molecule has 0 saturated carbocycles. The molecule has 0 radical (unpaired) electrons. The fraction of sp³-hybridized carbons (Fsp3) is 0.208. The summed E-state index contributed by atoms with van der Waals surface area (Å²) in [4.78, 5) is 4.26. The van der Waals surface area contributed by atoms with Crippen LogP contribution in [0.25, 0.3) is 22.0 Å². The molecule has 0 amide bonds. The lowest BCUT2D eigenvalue weighted by molar-refractivity contribution is 0.618. The van der Waals surface area contributed by atoms with Crippen molar-refractivity contribution in [3.05, 3.63) is 89.6 Å². The zero-order chi connectivity index (χ0) is 18.2. The normalized spacial score (nSPS) is 13.7. The summed E-state index contributed by atoms with van der Waals surface area (Å²) < 4.78 is 16.1. The van der Waals surface area contributed by atoms with Gasteiger partial charge in [-0.15, -0.1) is 0 Å². The first-order chi connectivity index (χ1) is 13.3. The molecular formula is C24H21FN2. The monoisotopic (exact) mass is 356 g/mol. The number of aromatic nitrogens is 2. The summed E-state index contributed by atoms with van der Waals surface area (Å²) in [6, 6.07) is 17.7. The maximum absolute atomic E-state index is 13.7. The Balaban J connectivity index is 1.67. The van der Waals surface area contributed by atoms with E-state index in [1.165, 1.54) is 46.6 Å². The fourth-order valence-corrected chi connectivity index (χ4v) is 4.35. The lowest BCUT2D eigenvalue weighted by Crippen LogP contribution is -2.09. The van der Waals surface area contributed by atoms with Gasteiger partial charge in [-0.2, -0.15) is 0 Å². The lowest BCUT2D eigenvalue weighted by atomic mass is 9.94. The first kappa shape index (κ1) is 16.2. The fourth-order valence-electron chi connectivity index (χ4n) is 4.35. The standard InChI is InChI=1S/C24H21FN2/c25-20-7-3-5-17(13-20)16-27-23-9-2-1-8-21(23)22-14-18(10-11-24(22)27)19-6-4-12-26-15-19/h3-7,10-15H,1-2,8-9,16H2. The Labute approximate surface area is 158 Å². The van der Waals surface area contributed by atoms with Crippen molar-refractivity contribution < 1.29 is 4.39 Å². The Morgan fingerprint density at radius 1 is 0.926 bits per heavy atom. The van der Waals surface area contributed by atoms with Gasteiger partial charge in [-0.1, -0.05) is 24.3 Å². The minimum atomic E-state index is -0.170. The third-order valence-corrected chi connectivity index (χ3v) is 5.60. The molecule has 1 aliphatic rings. The van der Waals surface area contributed by atoms with Crippen molar-refractivity contribution in [1.82, 2.24) is 9.55 Å². The van der Waals surface area contributed by atoms with Crippen molar-refractivity contribution in [2.45, 2.75) is 32.2 Å². The molecule has 3 heteroatoms. The number of hydrogen-bond donors (Lipinski definition) is 0. The summed E-state index contributed by atoms with van der Waals surface area (Å²) >= 11 is 0. The van der Waals surface area contributed by atoms with Gasteiger partial charge in [0, 0.05) is 41.1 Å². The zero-order valence-electron chi connectivity index (χ0n) is 15.2. The predicted octanol–water partition coefficient (Wildman–Crippen LogP) is 5.77. The van der Waals surface area contributed by atoms with Crippen molar-refractivity contribution in [3.63, 3.8) is 0 Å². The molecule has 2 aromatic heterocycles. The summed E-state index contributed by atoms with van der Waals surface area (Å²) in [6.07, 6.45) is 8.40. The van der Waals surface area contributed by atoms with Crippen LogP contribution in [0, 0.1) is 5.82 Å². The molecule has 0 bridgehead atoms. The van der Waals surface area contributed by atoms with Crippen molar-refractivity contribution in [2.75, 3.05) is 0 Å². The second kappa shape index (κ2) is 6.66. The Morgan fingerprint density at radius 2 is 1.85 bits per heavy atom. The molecule has 0 spiro atoms. The maximum atomic E-state index is 13.7. The minimum absolute atomic E-state index is 0.170. The highest BCUT2D eigenvalue weighted by Gasteiger charge is 2.20. The van der Waals surface area contributed by atoms with Crippen molar-refractivity contribution in [3.8, 4) is 11.1 Å². The van der Waals surface area contributed by atoms with Gasteiger partial charge in [0.2, 0.25) is 0 Å². The largest absolute Gasteiger partial charge is 0.340 e. The van der Waals surface area contributed by atoms with E-state index in [9.17, 15) is 4.39 Å². The third kappa shape index (κ3) is 2.93. The molecule has 27 heavy (non-hydrogen) atoms. The van der Waals surface area contributed by atoms with Gasteiger partial charge < -0.3 is 4.57 Å². The number of nitrogens with zero attached hydrogens (tertiary/aromatic N) is 2. The molecule has 0 atom stereocenters. The van der Waals surface area contributed by atoms with E-state index >= 15 is 0 Å². The summed E-state index contributed by atoms with van der Waals surface area (Å²) in [7, 11) is 0. The number of pyridine rings is 1. The van der Waals surface area contributed by atoms with Crippen LogP contribution in [0.3, 0.4) is 0 Å². The number of hydrogen-bond acceptors (Lipinski definition) is 1. The van der Waals surface area contributed by atoms with Crippen LogP contribution in [0.2, 0.25) is 0 Å². The molecule has 0 fully saturated rings. The summed E-state index contributed by atoms with van der Waals surface area (Å²) in [6.45, 7) is 0.718. The maximum Gasteiger partial charge on any atom is 0.123 e. The molecule has 4 aromatic rings. The Bertz CT molecular complexity index is 1110. The molecular weight excluding hydrogens is 335 g/mol. The first-order valence-corrected chi connectivity index (χ1v) is 9.58. The van der Waals surface area contributed by atoms with Gasteiger partial charge in [-0.25, -0.2) is 4.39 Å². The smallest absolute Gasteiger partial charge is 0.123 e. The quantitative estimate of drug-likeness (QED) is 0.456. The van der Waals surface area contributed by atoms with Crippen LogP contribution in [0.5, 0.6) is 0 Å². The molecule has 0 N–H and O–H groups in total. The molecule has 0 saturated heterocycles. The third-order valence-electron chi connectivity index (χ3n) is 5.60. The van der Waals surface area contributed by atoms with Crippen LogP contribution in [0.4, 0.5) is 4.39 Å². The molecule has 2 heterocycles. The minimum Gasteiger partial charge on any atom is -0.340 e. The van der Waals surface area contributed by atoms with Crippen LogP contribution < -0.4 is 0 Å². The van der Waals surface area contributed by atoms with E-state index in [4.69, 9.17) is 0 Å². The summed E-state index contributed by atoms with van der Waals surface area (Å²) in [5.74, 6) is -0.170. The first-order valence-electron chi connectivity index (χ1n) is 9.58. The van der Waals surface area contributed by atoms with Gasteiger partial charge in [0.1, 0.15) is 5.82 Å². The van der Waals surface area contributed by atoms with Crippen LogP contribution >= 0.6 is 0 Å². The summed E-state index contributed by atoms with van der Waals surface area (Å²) in [5.41, 5.74) is 7.49. The molecule has 0 aliphatic heterocycles. The number of fused-ring (bicyclic) bond motifs is 3. The van der Waals surface area contributed by atoms with E-state index in [-0.39, 0.29) is 5.82 Å². The molecule has 2 aromatic carbocycles. The number of aryl methyl sites for hydroxylation is 1. The van der Waals surface area contributed by atoms with E-state index in [1.54, 1.807) is 18.3 Å². The SMILES string of the molecule is Fc1cccc(Cn2c3c(c4cc(-c5cccnc5)ccc42)CCCC3)c1. The average Bonchev–Trinajstić information content (AvgIpc) is 3.02. The average molecular weight is 356 g/mol. The van der Waals surface area contributed by atoms with Crippen molar-refractivity contribution >= 4 is 10.9 Å². The van der Waals surface area contributed by atoms with E-state index in [1.807, 2.05) is 18.3 Å². The predicted molar refractivity (Wildman–Crippen MR) is 107 cm³/mol. The van der Waals surface area contributed by atoms with Crippen molar-refractivity contribution in [2.24, 2.45) is 0 Å². The van der Waals surface area contributed by atoms with Gasteiger partial charge in [0.25, 0.3) is 0 Å². The molecule has 5 rings (SSSR count). The highest BCUT2D eigenvalue weighted by atomic mass is 19.1. The Kier molecular flexibility index (Phi) is 4.01. The van der Waals surface area contributed by atoms with Gasteiger partial charge >= 0.3 is 0 Å². The van der Waals surface area contributed by atoms with Gasteiger partial charge in [0.15, 0.2) is 0 Å². The molecule has 1 aliphatic carbocycles.